The molecule has 0 aliphatic heterocycles. The number of nitrogens with zero attached hydrogens (tertiary/aromatic N) is 3. The third-order valence-electron chi connectivity index (χ3n) is 3.01. The zero-order valence-corrected chi connectivity index (χ0v) is 15.2. The summed E-state index contributed by atoms with van der Waals surface area (Å²) >= 11 is 0. The van der Waals surface area contributed by atoms with E-state index in [-0.39, 0.29) is 24.0 Å². The van der Waals surface area contributed by atoms with Gasteiger partial charge < -0.3 is 11.1 Å². The Bertz CT molecular complexity index is 646. The molecule has 1 aromatic carbocycles. The number of aliphatic imine (C=N–C) groups is 1. The topological polar surface area (TPSA) is 68.2 Å². The molecule has 2 rings (SSSR count). The first kappa shape index (κ1) is 18.2. The lowest BCUT2D eigenvalue weighted by atomic mass is 10.3. The smallest absolute Gasteiger partial charge is 0.189 e. The van der Waals surface area contributed by atoms with Crippen molar-refractivity contribution in [3.63, 3.8) is 0 Å². The number of aromatic nitrogens is 2. The van der Waals surface area contributed by atoms with Crippen molar-refractivity contribution >= 4 is 29.9 Å². The van der Waals surface area contributed by atoms with Gasteiger partial charge in [-0.3, -0.25) is 0 Å². The van der Waals surface area contributed by atoms with Crippen LogP contribution in [-0.2, 0) is 6.54 Å². The van der Waals surface area contributed by atoms with Gasteiger partial charge in [-0.15, -0.1) is 24.0 Å². The second-order valence-corrected chi connectivity index (χ2v) is 5.03. The van der Waals surface area contributed by atoms with Gasteiger partial charge in [0.1, 0.15) is 0 Å². The van der Waals surface area contributed by atoms with E-state index in [1.165, 1.54) is 0 Å². The van der Waals surface area contributed by atoms with Crippen molar-refractivity contribution in [3.05, 3.63) is 59.9 Å². The predicted octanol–water partition coefficient (Wildman–Crippen LogP) is 2.78. The summed E-state index contributed by atoms with van der Waals surface area (Å²) in [6.45, 7) is 8.87. The van der Waals surface area contributed by atoms with Crippen LogP contribution in [0.15, 0.2) is 53.7 Å². The van der Waals surface area contributed by atoms with Crippen molar-refractivity contribution in [2.45, 2.75) is 20.4 Å². The van der Waals surface area contributed by atoms with Crippen molar-refractivity contribution in [1.29, 1.82) is 0 Å². The Morgan fingerprint density at radius 1 is 1.36 bits per heavy atom. The van der Waals surface area contributed by atoms with Gasteiger partial charge in [0.2, 0.25) is 0 Å². The minimum atomic E-state index is 0. The van der Waals surface area contributed by atoms with Gasteiger partial charge in [0, 0.05) is 18.3 Å². The maximum atomic E-state index is 5.81. The van der Waals surface area contributed by atoms with E-state index in [0.29, 0.717) is 19.0 Å². The van der Waals surface area contributed by atoms with Gasteiger partial charge in [0.15, 0.2) is 5.96 Å². The van der Waals surface area contributed by atoms with E-state index in [1.54, 1.807) is 0 Å². The van der Waals surface area contributed by atoms with Crippen LogP contribution in [0.4, 0.5) is 0 Å². The van der Waals surface area contributed by atoms with E-state index >= 15 is 0 Å². The monoisotopic (exact) mass is 411 g/mol. The van der Waals surface area contributed by atoms with Gasteiger partial charge in [0.25, 0.3) is 0 Å². The summed E-state index contributed by atoms with van der Waals surface area (Å²) in [6, 6.07) is 10.00. The highest BCUT2D eigenvalue weighted by Gasteiger charge is 2.05. The highest BCUT2D eigenvalue weighted by atomic mass is 127. The number of benzene rings is 1. The van der Waals surface area contributed by atoms with Gasteiger partial charge in [-0.05, 0) is 26.0 Å². The number of halogens is 1. The molecular weight excluding hydrogens is 389 g/mol. The number of para-hydroxylation sites is 1. The summed E-state index contributed by atoms with van der Waals surface area (Å²) in [5, 5.41) is 7.52. The molecule has 2 aromatic rings. The molecule has 0 aliphatic carbocycles. The Labute approximate surface area is 148 Å². The van der Waals surface area contributed by atoms with Crippen molar-refractivity contribution in [1.82, 2.24) is 15.1 Å². The first-order valence-electron chi connectivity index (χ1n) is 6.85. The largest absolute Gasteiger partial charge is 0.370 e. The molecule has 1 aromatic heterocycles. The Balaban J connectivity index is 0.00000242. The predicted molar refractivity (Wildman–Crippen MR) is 102 cm³/mol. The molecule has 3 N–H and O–H groups in total. The summed E-state index contributed by atoms with van der Waals surface area (Å²) in [6.07, 6.45) is 1.99. The number of hydrogen-bond acceptors (Lipinski definition) is 2. The van der Waals surface area contributed by atoms with Gasteiger partial charge in [-0.2, -0.15) is 5.10 Å². The van der Waals surface area contributed by atoms with Crippen LogP contribution in [0.5, 0.6) is 0 Å². The van der Waals surface area contributed by atoms with Crippen LogP contribution in [0.1, 0.15) is 18.2 Å². The Morgan fingerprint density at radius 2 is 2.05 bits per heavy atom. The molecular formula is C16H22IN5. The molecule has 0 unspecified atom stereocenters. The normalized spacial score (nSPS) is 10.9. The lowest BCUT2D eigenvalue weighted by molar-refractivity contribution is 0.863. The molecule has 0 saturated heterocycles. The molecule has 22 heavy (non-hydrogen) atoms. The summed E-state index contributed by atoms with van der Waals surface area (Å²) < 4.78 is 1.86. The quantitative estimate of drug-likeness (QED) is 0.344. The molecule has 118 valence electrons. The van der Waals surface area contributed by atoms with Crippen LogP contribution in [0, 0.1) is 6.92 Å². The Hall–Kier alpha value is -1.83. The van der Waals surface area contributed by atoms with Gasteiger partial charge in [0.05, 0.1) is 17.9 Å². The molecule has 0 fully saturated rings. The van der Waals surface area contributed by atoms with Crippen LogP contribution in [0.25, 0.3) is 5.69 Å². The second kappa shape index (κ2) is 8.57. The summed E-state index contributed by atoms with van der Waals surface area (Å²) in [4.78, 5) is 4.32. The molecule has 0 aliphatic rings. The summed E-state index contributed by atoms with van der Waals surface area (Å²) in [7, 11) is 0. The van der Waals surface area contributed by atoms with E-state index in [1.807, 2.05) is 55.1 Å². The van der Waals surface area contributed by atoms with Crippen molar-refractivity contribution < 1.29 is 0 Å². The number of aryl methyl sites for hydroxylation is 1. The first-order valence-corrected chi connectivity index (χ1v) is 6.85. The van der Waals surface area contributed by atoms with Crippen LogP contribution >= 0.6 is 24.0 Å². The molecule has 0 saturated carbocycles. The van der Waals surface area contributed by atoms with E-state index in [2.05, 4.69) is 22.0 Å². The molecule has 6 heteroatoms. The highest BCUT2D eigenvalue weighted by Crippen LogP contribution is 2.12. The molecule has 0 amide bonds. The Morgan fingerprint density at radius 3 is 2.68 bits per heavy atom. The molecule has 0 bridgehead atoms. The minimum absolute atomic E-state index is 0. The fourth-order valence-electron chi connectivity index (χ4n) is 1.83. The zero-order valence-electron chi connectivity index (χ0n) is 12.9. The molecule has 1 heterocycles. The lowest BCUT2D eigenvalue weighted by Gasteiger charge is -2.04. The third-order valence-corrected chi connectivity index (χ3v) is 3.01. The maximum absolute atomic E-state index is 5.81. The molecule has 0 atom stereocenters. The van der Waals surface area contributed by atoms with Crippen LogP contribution in [0.3, 0.4) is 0 Å². The Kier molecular flexibility index (Phi) is 7.10. The van der Waals surface area contributed by atoms with E-state index in [9.17, 15) is 0 Å². The number of guanidine groups is 1. The van der Waals surface area contributed by atoms with E-state index in [4.69, 9.17) is 5.73 Å². The average molecular weight is 411 g/mol. The first-order chi connectivity index (χ1) is 10.1. The fraction of sp³-hybridized carbons (Fsp3) is 0.250. The van der Waals surface area contributed by atoms with Crippen LogP contribution < -0.4 is 11.1 Å². The third kappa shape index (κ3) is 5.18. The highest BCUT2D eigenvalue weighted by molar-refractivity contribution is 14.0. The van der Waals surface area contributed by atoms with Crippen molar-refractivity contribution in [3.8, 4) is 5.69 Å². The van der Waals surface area contributed by atoms with Gasteiger partial charge in [-0.1, -0.05) is 30.4 Å². The van der Waals surface area contributed by atoms with E-state index < -0.39 is 0 Å². The van der Waals surface area contributed by atoms with Gasteiger partial charge >= 0.3 is 0 Å². The number of rotatable bonds is 5. The van der Waals surface area contributed by atoms with Gasteiger partial charge in [-0.25, -0.2) is 9.67 Å². The molecule has 0 radical (unpaired) electrons. The average Bonchev–Trinajstić information content (AvgIpc) is 2.85. The van der Waals surface area contributed by atoms with Crippen LogP contribution in [-0.4, -0.2) is 22.3 Å². The zero-order chi connectivity index (χ0) is 15.2. The van der Waals surface area contributed by atoms with E-state index in [0.717, 1.165) is 22.5 Å². The summed E-state index contributed by atoms with van der Waals surface area (Å²) in [5.74, 6) is 0.421. The number of nitrogens with one attached hydrogen (secondary N) is 1. The fourth-order valence-corrected chi connectivity index (χ4v) is 1.83. The standard InChI is InChI=1S/C16H21N5.HI/c1-12(2)9-18-16(17)19-10-14-11-21(20-13(14)3)15-7-5-4-6-8-15;/h4-8,11H,1,9-10H2,2-3H3,(H3,17,18,19);1H. The molecule has 5 nitrogen and oxygen atoms in total. The van der Waals surface area contributed by atoms with Crippen molar-refractivity contribution in [2.24, 2.45) is 10.7 Å². The molecule has 0 spiro atoms. The van der Waals surface area contributed by atoms with Crippen LogP contribution in [0.2, 0.25) is 0 Å². The maximum Gasteiger partial charge on any atom is 0.189 e. The number of nitrogens with two attached hydrogens (primary N) is 1. The number of hydrogen-bond donors (Lipinski definition) is 2. The summed E-state index contributed by atoms with van der Waals surface area (Å²) in [5.41, 5.74) is 9.86. The second-order valence-electron chi connectivity index (χ2n) is 5.03. The minimum Gasteiger partial charge on any atom is -0.370 e. The SMILES string of the molecule is C=C(C)CNC(N)=NCc1cn(-c2ccccc2)nc1C.I. The lowest BCUT2D eigenvalue weighted by Crippen LogP contribution is -2.32. The van der Waals surface area contributed by atoms with Crippen molar-refractivity contribution in [2.75, 3.05) is 6.54 Å².